The Morgan fingerprint density at radius 3 is 0.480 bits per heavy atom. The first-order valence-corrected chi connectivity index (χ1v) is 30.7. The smallest absolute Gasteiger partial charge is 0.872 e. The second-order valence-corrected chi connectivity index (χ2v) is 22.0. The first-order chi connectivity index (χ1) is 45.8. The van der Waals surface area contributed by atoms with Gasteiger partial charge in [0.1, 0.15) is 34.5 Å². The Kier molecular flexibility index (Phi) is 29.3. The van der Waals surface area contributed by atoms with Crippen molar-refractivity contribution < 1.29 is 95.8 Å². The summed E-state index contributed by atoms with van der Waals surface area (Å²) in [6.45, 7) is 3.86. The minimum absolute atomic E-state index is 0. The van der Waals surface area contributed by atoms with Crippen LogP contribution in [0.5, 0.6) is 46.0 Å². The minimum Gasteiger partial charge on any atom is -0.872 e. The molecule has 0 aromatic heterocycles. The largest absolute Gasteiger partial charge is 1.00 e. The zero-order chi connectivity index (χ0) is 65.8. The van der Waals surface area contributed by atoms with Crippen molar-refractivity contribution in [3.8, 4) is 90.5 Å². The van der Waals surface area contributed by atoms with Crippen LogP contribution in [-0.2, 0) is 44.8 Å². The molecule has 0 saturated carbocycles. The van der Waals surface area contributed by atoms with Crippen molar-refractivity contribution in [2.24, 2.45) is 0 Å². The number of aliphatic hydroxyl groups is 2. The molecule has 16 aromatic rings. The number of hydrogen-bond donors (Lipinski definition) is 12. The predicted octanol–water partition coefficient (Wildman–Crippen LogP) is 19.7. The van der Waals surface area contributed by atoms with Gasteiger partial charge in [0.15, 0.2) is 0 Å². The van der Waals surface area contributed by atoms with E-state index in [9.17, 15) is 40.9 Å². The Balaban J connectivity index is 0.000000229. The van der Waals surface area contributed by atoms with Crippen molar-refractivity contribution in [2.45, 2.75) is 13.8 Å². The van der Waals surface area contributed by atoms with Crippen LogP contribution in [0.15, 0.2) is 291 Å². The SMILES string of the molecule is CCO.CCO.N.N.N.N.Oc1ccc2ccccc2c1-c1c(O)ccc2ccccc12.Oc1ccc2ccccc2c1-c1c(O)ccc2ccccc12.[Ag+].[Ag+].[O-]c1ccc2ccccc2c1-c1c(O)ccc2ccccc12.[O-]c1ccc2ccccc2c1-c1c(O)ccc2ccccc12. The summed E-state index contributed by atoms with van der Waals surface area (Å²) in [5, 5.41) is 118. The van der Waals surface area contributed by atoms with Crippen LogP contribution in [0.2, 0.25) is 0 Å². The molecule has 516 valence electrons. The van der Waals surface area contributed by atoms with Crippen molar-refractivity contribution in [3.05, 3.63) is 291 Å². The molecule has 0 radical (unpaired) electrons. The van der Waals surface area contributed by atoms with E-state index in [2.05, 4.69) is 0 Å². The summed E-state index contributed by atoms with van der Waals surface area (Å²) in [7, 11) is 0. The number of phenolic OH excluding ortho intramolecular Hbond substituents is 6. The molecule has 100 heavy (non-hydrogen) atoms. The molecule has 0 aliphatic carbocycles. The molecule has 0 unspecified atom stereocenters. The summed E-state index contributed by atoms with van der Waals surface area (Å²) in [6, 6.07) is 90.6. The molecule has 0 spiro atoms. The molecule has 0 amide bonds. The van der Waals surface area contributed by atoms with Gasteiger partial charge in [-0.2, -0.15) is 0 Å². The van der Waals surface area contributed by atoms with Gasteiger partial charge in [-0.1, -0.05) is 255 Å². The van der Waals surface area contributed by atoms with Crippen molar-refractivity contribution in [1.82, 2.24) is 24.6 Å². The van der Waals surface area contributed by atoms with Gasteiger partial charge < -0.3 is 75.7 Å². The van der Waals surface area contributed by atoms with Gasteiger partial charge in [0, 0.05) is 46.6 Å². The second-order valence-electron chi connectivity index (χ2n) is 22.0. The third-order valence-corrected chi connectivity index (χ3v) is 16.2. The van der Waals surface area contributed by atoms with Crippen LogP contribution in [0, 0.1) is 0 Å². The fourth-order valence-corrected chi connectivity index (χ4v) is 12.2. The standard InChI is InChI=1S/4C20H14O2.2C2H6O.2Ag.4H3N/c4*21-17-11-9-13-5-1-3-7-15(13)19(17)20-16-8-4-2-6-14(16)10-12-18(20)22;2*1-2-3;;;;;;/h4*1-12,21-22H;2*3H,2H2,1H3;;;4*1H3/q;;;;;;2*+1;;;;/p-2. The Labute approximate surface area is 611 Å². The number of rotatable bonds is 4. The van der Waals surface area contributed by atoms with Gasteiger partial charge in [-0.05, 0) is 148 Å². The zero-order valence-electron chi connectivity index (χ0n) is 55.0. The number of fused-ring (bicyclic) bond motifs is 8. The van der Waals surface area contributed by atoms with Crippen LogP contribution < -0.4 is 34.8 Å². The monoisotopic (exact) mass is 1520 g/mol. The third kappa shape index (κ3) is 16.7. The Morgan fingerprint density at radius 2 is 0.320 bits per heavy atom. The van der Waals surface area contributed by atoms with Crippen LogP contribution in [-0.4, -0.2) is 54.1 Å². The van der Waals surface area contributed by atoms with E-state index in [1.165, 1.54) is 0 Å². The molecule has 16 rings (SSSR count). The van der Waals surface area contributed by atoms with Crippen LogP contribution in [0.3, 0.4) is 0 Å². The van der Waals surface area contributed by atoms with Gasteiger partial charge in [0.25, 0.3) is 0 Å². The summed E-state index contributed by atoms with van der Waals surface area (Å²) in [5.74, 6) is 0.793. The maximum atomic E-state index is 12.5. The van der Waals surface area contributed by atoms with Crippen LogP contribution in [0.25, 0.3) is 131 Å². The quantitative estimate of drug-likeness (QED) is 0.0729. The zero-order valence-corrected chi connectivity index (χ0v) is 57.9. The van der Waals surface area contributed by atoms with E-state index in [-0.39, 0.29) is 129 Å². The molecule has 0 aliphatic rings. The molecule has 0 saturated heterocycles. The van der Waals surface area contributed by atoms with Gasteiger partial charge in [0.05, 0.1) is 0 Å². The van der Waals surface area contributed by atoms with Crippen LogP contribution in [0.4, 0.5) is 0 Å². The van der Waals surface area contributed by atoms with Gasteiger partial charge in [-0.3, -0.25) is 0 Å². The van der Waals surface area contributed by atoms with Crippen LogP contribution >= 0.6 is 0 Å². The van der Waals surface area contributed by atoms with E-state index >= 15 is 0 Å². The van der Waals surface area contributed by atoms with Crippen molar-refractivity contribution in [3.63, 3.8) is 0 Å². The Hall–Kier alpha value is -10.8. The van der Waals surface area contributed by atoms with Crippen LogP contribution in [0.1, 0.15) is 13.8 Å². The van der Waals surface area contributed by atoms with E-state index in [0.29, 0.717) is 44.5 Å². The fraction of sp³-hybridized carbons (Fsp3) is 0.0476. The van der Waals surface area contributed by atoms with Gasteiger partial charge in [-0.15, -0.1) is 11.5 Å². The maximum Gasteiger partial charge on any atom is 1.00 e. The summed E-state index contributed by atoms with van der Waals surface area (Å²) >= 11 is 0. The summed E-state index contributed by atoms with van der Waals surface area (Å²) in [5.41, 5.74) is 5.04. The van der Waals surface area contributed by atoms with E-state index in [0.717, 1.165) is 86.2 Å². The van der Waals surface area contributed by atoms with Gasteiger partial charge in [-0.25, -0.2) is 0 Å². The number of hydrogen-bond acceptors (Lipinski definition) is 14. The molecule has 16 aromatic carbocycles. The normalized spacial score (nSPS) is 10.1. The van der Waals surface area contributed by atoms with E-state index in [1.807, 2.05) is 243 Å². The third-order valence-electron chi connectivity index (χ3n) is 16.2. The minimum atomic E-state index is -0.0784. The number of phenols is 6. The molecule has 0 atom stereocenters. The van der Waals surface area contributed by atoms with E-state index in [1.54, 1.807) is 62.4 Å². The summed E-state index contributed by atoms with van der Waals surface area (Å²) in [4.78, 5) is 0. The number of aliphatic hydroxyl groups excluding tert-OH is 2. The first kappa shape index (κ1) is 79.9. The average molecular weight is 1520 g/mol. The van der Waals surface area contributed by atoms with E-state index in [4.69, 9.17) is 10.2 Å². The summed E-state index contributed by atoms with van der Waals surface area (Å²) < 4.78 is 0. The topological polar surface area (TPSA) is 348 Å². The molecule has 0 fully saturated rings. The molecule has 20 N–H and O–H groups in total. The summed E-state index contributed by atoms with van der Waals surface area (Å²) in [6.07, 6.45) is 0. The average Bonchev–Trinajstić information content (AvgIpc) is 0.783. The maximum absolute atomic E-state index is 12.5. The molecule has 0 bridgehead atoms. The van der Waals surface area contributed by atoms with Crippen molar-refractivity contribution in [2.75, 3.05) is 13.2 Å². The van der Waals surface area contributed by atoms with E-state index < -0.39 is 0 Å². The van der Waals surface area contributed by atoms with Gasteiger partial charge >= 0.3 is 44.8 Å². The van der Waals surface area contributed by atoms with Crippen molar-refractivity contribution in [1.29, 1.82) is 0 Å². The molecule has 0 aliphatic heterocycles. The Morgan fingerprint density at radius 1 is 0.200 bits per heavy atom. The molecule has 16 heteroatoms. The number of benzene rings is 16. The first-order valence-electron chi connectivity index (χ1n) is 30.7. The van der Waals surface area contributed by atoms with Crippen molar-refractivity contribution >= 4 is 86.2 Å². The number of aromatic hydroxyl groups is 6. The molecule has 0 heterocycles. The Bertz CT molecular complexity index is 4430. The van der Waals surface area contributed by atoms with Gasteiger partial charge in [0.2, 0.25) is 0 Å². The fourth-order valence-electron chi connectivity index (χ4n) is 12.2. The molecular weight excluding hydrogens is 1440 g/mol. The molecular formula is C84H78Ag2N4O10. The second kappa shape index (κ2) is 36.7. The molecule has 14 nitrogen and oxygen atoms in total. The predicted molar refractivity (Wildman–Crippen MR) is 402 cm³/mol.